The van der Waals surface area contributed by atoms with Gasteiger partial charge in [0.15, 0.2) is 0 Å². The highest BCUT2D eigenvalue weighted by Crippen LogP contribution is 2.32. The molecule has 1 aliphatic carbocycles. The Kier molecular flexibility index (Phi) is 18.7. The highest BCUT2D eigenvalue weighted by molar-refractivity contribution is 6.12. The Morgan fingerprint density at radius 2 is 1.44 bits per heavy atom. The Balaban J connectivity index is 1.21. The molecule has 9 amide bonds. The van der Waals surface area contributed by atoms with E-state index in [2.05, 4.69) is 36.9 Å². The summed E-state index contributed by atoms with van der Waals surface area (Å²) in [5.41, 5.74) is 7.00. The lowest BCUT2D eigenvalue weighted by Crippen LogP contribution is -2.54. The molecule has 1 aliphatic heterocycles. The molecular weight excluding hydrogens is 787 g/mol. The second-order valence-corrected chi connectivity index (χ2v) is 15.8. The van der Waals surface area contributed by atoms with Gasteiger partial charge in [0.1, 0.15) is 18.7 Å². The lowest BCUT2D eigenvalue weighted by Gasteiger charge is -2.31. The number of nitrogens with two attached hydrogens (primary N) is 1. The minimum atomic E-state index is -1.03. The summed E-state index contributed by atoms with van der Waals surface area (Å²) in [4.78, 5) is 105. The summed E-state index contributed by atoms with van der Waals surface area (Å²) >= 11 is 0. The van der Waals surface area contributed by atoms with Crippen molar-refractivity contribution in [3.63, 3.8) is 0 Å². The largest absolute Gasteiger partial charge is 0.445 e. The van der Waals surface area contributed by atoms with Gasteiger partial charge in [-0.15, -0.1) is 0 Å². The number of nitrogens with zero attached hydrogens (tertiary/aromatic N) is 2. The van der Waals surface area contributed by atoms with Crippen LogP contribution in [0.5, 0.6) is 0 Å². The van der Waals surface area contributed by atoms with Crippen LogP contribution in [0.2, 0.25) is 0 Å². The van der Waals surface area contributed by atoms with Crippen molar-refractivity contribution in [2.24, 2.45) is 23.5 Å². The quantitative estimate of drug-likeness (QED) is 0.0669. The molecule has 0 saturated heterocycles. The van der Waals surface area contributed by atoms with Gasteiger partial charge in [0.2, 0.25) is 23.6 Å². The number of carbonyl (C=O) groups excluding carboxylic acids is 8. The minimum absolute atomic E-state index is 0.0111. The third-order valence-corrected chi connectivity index (χ3v) is 10.8. The number of aromatic nitrogens is 1. The summed E-state index contributed by atoms with van der Waals surface area (Å²) in [6, 6.07) is 7.34. The first kappa shape index (κ1) is 47.3. The fourth-order valence-corrected chi connectivity index (χ4v) is 7.18. The van der Waals surface area contributed by atoms with E-state index >= 15 is 0 Å². The Morgan fingerprint density at radius 1 is 0.787 bits per heavy atom. The summed E-state index contributed by atoms with van der Waals surface area (Å²) in [7, 11) is 0. The molecule has 1 fully saturated rings. The predicted octanol–water partition coefficient (Wildman–Crippen LogP) is 3.64. The number of carbonyl (C=O) groups is 8. The fourth-order valence-electron chi connectivity index (χ4n) is 7.18. The maximum Gasteiger partial charge on any atom is 0.407 e. The van der Waals surface area contributed by atoms with Crippen LogP contribution in [0, 0.1) is 17.8 Å². The molecular formula is C43H59N9O9. The molecule has 1 aromatic carbocycles. The summed E-state index contributed by atoms with van der Waals surface area (Å²) < 4.78 is 5.47. The van der Waals surface area contributed by atoms with Crippen molar-refractivity contribution in [1.29, 1.82) is 0 Å². The number of amides is 9. The van der Waals surface area contributed by atoms with E-state index in [1.165, 1.54) is 12.2 Å². The van der Waals surface area contributed by atoms with Crippen molar-refractivity contribution in [2.45, 2.75) is 110 Å². The lowest BCUT2D eigenvalue weighted by atomic mass is 9.78. The number of urea groups is 1. The van der Waals surface area contributed by atoms with E-state index in [0.717, 1.165) is 30.6 Å². The Labute approximate surface area is 355 Å². The first-order chi connectivity index (χ1) is 29.2. The standard InChI is InChI=1S/C43H59N9O9/c1-27(2)38(51-35(53)9-5-4-6-25-52-36(54)18-19-37(52)55)41(58)50-34(8-7-22-46-42(44)59)40(57)49-32-16-10-29(11-17-32)26-61-43(60)47-28(3)30-12-14-31(15-13-30)39(56)48-33-20-23-45-24-21-33/h10-11,16-21,23-24,27-28,30-31,34,38H,4-9,12-15,22,25-26H2,1-3H3,(H,47,60)(H,49,57)(H,50,58)(H,51,53)(H3,44,46,59)(H,45,48,56)/t28-,30-,31-,34+,38+/m1/s1. The van der Waals surface area contributed by atoms with Gasteiger partial charge in [-0.05, 0) is 100.0 Å². The number of benzene rings is 1. The van der Waals surface area contributed by atoms with Crippen LogP contribution < -0.4 is 37.6 Å². The summed E-state index contributed by atoms with van der Waals surface area (Å²) in [5, 5.41) is 16.6. The Morgan fingerprint density at radius 3 is 2.08 bits per heavy atom. The van der Waals surface area contributed by atoms with Crippen LogP contribution in [0.4, 0.5) is 21.0 Å². The van der Waals surface area contributed by atoms with E-state index in [9.17, 15) is 38.4 Å². The molecule has 61 heavy (non-hydrogen) atoms. The topological polar surface area (TPSA) is 260 Å². The van der Waals surface area contributed by atoms with Crippen LogP contribution >= 0.6 is 0 Å². The van der Waals surface area contributed by atoms with Crippen LogP contribution in [0.3, 0.4) is 0 Å². The molecule has 8 N–H and O–H groups in total. The van der Waals surface area contributed by atoms with Gasteiger partial charge >= 0.3 is 12.1 Å². The van der Waals surface area contributed by atoms with Crippen molar-refractivity contribution < 1.29 is 43.1 Å². The van der Waals surface area contributed by atoms with Crippen LogP contribution in [0.1, 0.15) is 90.5 Å². The number of ether oxygens (including phenoxy) is 1. The summed E-state index contributed by atoms with van der Waals surface area (Å²) in [5.74, 6) is -2.35. The van der Waals surface area contributed by atoms with Gasteiger partial charge in [-0.1, -0.05) is 32.4 Å². The number of hydrogen-bond donors (Lipinski definition) is 7. The van der Waals surface area contributed by atoms with Crippen molar-refractivity contribution >= 4 is 58.9 Å². The molecule has 0 spiro atoms. The molecule has 3 atom stereocenters. The number of unbranched alkanes of at least 4 members (excludes halogenated alkanes) is 2. The van der Waals surface area contributed by atoms with Crippen molar-refractivity contribution in [3.8, 4) is 0 Å². The first-order valence-electron chi connectivity index (χ1n) is 20.9. The van der Waals surface area contributed by atoms with E-state index in [-0.39, 0.29) is 80.0 Å². The SMILES string of the molecule is CC(C)[C@H](NC(=O)CCCCCN1C(=O)C=CC1=O)C(=O)N[C@@H](CCCNC(N)=O)C(=O)Nc1ccc(COC(=O)N[C@H](C)[C@H]2CC[C@H](C(=O)Nc3ccncc3)CC2)cc1. The molecule has 18 heteroatoms. The van der Waals surface area contributed by atoms with Crippen LogP contribution in [-0.2, 0) is 40.1 Å². The van der Waals surface area contributed by atoms with Crippen LogP contribution in [-0.4, -0.2) is 88.7 Å². The Bertz CT molecular complexity index is 1850. The third-order valence-electron chi connectivity index (χ3n) is 10.8. The van der Waals surface area contributed by atoms with Gasteiger partial charge in [-0.2, -0.15) is 0 Å². The highest BCUT2D eigenvalue weighted by Gasteiger charge is 2.31. The first-order valence-corrected chi connectivity index (χ1v) is 20.9. The third kappa shape index (κ3) is 16.0. The molecule has 2 aromatic rings. The van der Waals surface area contributed by atoms with Crippen molar-refractivity contribution in [1.82, 2.24) is 31.2 Å². The zero-order chi connectivity index (χ0) is 44.3. The van der Waals surface area contributed by atoms with Gasteiger partial charge in [0, 0.05) is 67.4 Å². The van der Waals surface area contributed by atoms with Gasteiger partial charge in [0.05, 0.1) is 0 Å². The van der Waals surface area contributed by atoms with E-state index < -0.39 is 36.0 Å². The Hall–Kier alpha value is -6.33. The van der Waals surface area contributed by atoms with E-state index in [4.69, 9.17) is 10.5 Å². The average molecular weight is 846 g/mol. The zero-order valence-electron chi connectivity index (χ0n) is 35.1. The number of pyridine rings is 1. The monoisotopic (exact) mass is 845 g/mol. The smallest absolute Gasteiger partial charge is 0.407 e. The number of primary amides is 1. The second-order valence-electron chi connectivity index (χ2n) is 15.8. The number of anilines is 2. The second kappa shape index (κ2) is 24.1. The molecule has 1 saturated carbocycles. The lowest BCUT2D eigenvalue weighted by molar-refractivity contribution is -0.137. The van der Waals surface area contributed by atoms with Crippen molar-refractivity contribution in [2.75, 3.05) is 23.7 Å². The zero-order valence-corrected chi connectivity index (χ0v) is 35.1. The number of alkyl carbamates (subject to hydrolysis) is 1. The maximum atomic E-state index is 13.5. The van der Waals surface area contributed by atoms with Crippen LogP contribution in [0.25, 0.3) is 0 Å². The van der Waals surface area contributed by atoms with Crippen LogP contribution in [0.15, 0.2) is 60.9 Å². The molecule has 4 rings (SSSR count). The van der Waals surface area contributed by atoms with Gasteiger partial charge < -0.3 is 42.4 Å². The van der Waals surface area contributed by atoms with E-state index in [1.54, 1.807) is 62.6 Å². The van der Waals surface area contributed by atoms with E-state index in [0.29, 0.717) is 42.6 Å². The molecule has 0 unspecified atom stereocenters. The minimum Gasteiger partial charge on any atom is -0.445 e. The fraction of sp³-hybridized carbons (Fsp3) is 0.512. The van der Waals surface area contributed by atoms with E-state index in [1.807, 2.05) is 6.92 Å². The normalized spacial score (nSPS) is 17.5. The molecule has 18 nitrogen and oxygen atoms in total. The molecule has 330 valence electrons. The number of hydrogen-bond acceptors (Lipinski definition) is 10. The van der Waals surface area contributed by atoms with Crippen molar-refractivity contribution in [3.05, 3.63) is 66.5 Å². The highest BCUT2D eigenvalue weighted by atomic mass is 16.5. The summed E-state index contributed by atoms with van der Waals surface area (Å²) in [6.45, 7) is 5.89. The molecule has 1 aromatic heterocycles. The summed E-state index contributed by atoms with van der Waals surface area (Å²) in [6.07, 6.45) is 10.4. The number of rotatable bonds is 22. The van der Waals surface area contributed by atoms with Gasteiger partial charge in [-0.25, -0.2) is 9.59 Å². The average Bonchev–Trinajstić information content (AvgIpc) is 3.56. The molecule has 0 bridgehead atoms. The maximum absolute atomic E-state index is 13.5. The van der Waals surface area contributed by atoms with Gasteiger partial charge in [0.25, 0.3) is 11.8 Å². The predicted molar refractivity (Wildman–Crippen MR) is 226 cm³/mol. The molecule has 2 aliphatic rings. The van der Waals surface area contributed by atoms with Gasteiger partial charge in [-0.3, -0.25) is 38.7 Å². The molecule has 2 heterocycles. The number of nitrogens with one attached hydrogen (secondary N) is 6. The molecule has 0 radical (unpaired) electrons. The number of imide groups is 1.